The van der Waals surface area contributed by atoms with E-state index >= 15 is 0 Å². The third kappa shape index (κ3) is 3.54. The maximum Gasteiger partial charge on any atom is 0.255 e. The van der Waals surface area contributed by atoms with Crippen molar-refractivity contribution in [2.75, 3.05) is 5.32 Å². The van der Waals surface area contributed by atoms with Gasteiger partial charge in [-0.15, -0.1) is 0 Å². The number of Topliss-reactive ketones (excluding diaryl/α,β-unsaturated/α-hetero) is 1. The van der Waals surface area contributed by atoms with Crippen molar-refractivity contribution >= 4 is 23.3 Å². The van der Waals surface area contributed by atoms with Crippen LogP contribution in [0.1, 0.15) is 38.0 Å². The molecule has 2 rings (SSSR count). The van der Waals surface area contributed by atoms with Gasteiger partial charge in [-0.2, -0.15) is 0 Å². The van der Waals surface area contributed by atoms with Crippen molar-refractivity contribution in [3.63, 3.8) is 0 Å². The van der Waals surface area contributed by atoms with Crippen molar-refractivity contribution in [3.05, 3.63) is 65.2 Å². The molecule has 0 atom stereocenters. The molecule has 106 valence electrons. The zero-order valence-electron chi connectivity index (χ0n) is 11.4. The Kier molecular flexibility index (Phi) is 4.13. The summed E-state index contributed by atoms with van der Waals surface area (Å²) in [6, 6.07) is 12.7. The van der Waals surface area contributed by atoms with Gasteiger partial charge in [-0.1, -0.05) is 12.1 Å². The van der Waals surface area contributed by atoms with Crippen molar-refractivity contribution in [3.8, 4) is 0 Å². The van der Waals surface area contributed by atoms with Gasteiger partial charge in [0.05, 0.1) is 0 Å². The Morgan fingerprint density at radius 2 is 1.29 bits per heavy atom. The van der Waals surface area contributed by atoms with Crippen molar-refractivity contribution < 1.29 is 14.4 Å². The maximum absolute atomic E-state index is 12.0. The summed E-state index contributed by atoms with van der Waals surface area (Å²) in [4.78, 5) is 34.1. The molecule has 0 aliphatic rings. The third-order valence-electron chi connectivity index (χ3n) is 2.98. The van der Waals surface area contributed by atoms with Crippen molar-refractivity contribution in [1.82, 2.24) is 0 Å². The van der Waals surface area contributed by atoms with E-state index in [1.54, 1.807) is 36.4 Å². The molecular weight excluding hydrogens is 268 g/mol. The van der Waals surface area contributed by atoms with Gasteiger partial charge in [-0.25, -0.2) is 0 Å². The Morgan fingerprint density at radius 1 is 0.810 bits per heavy atom. The van der Waals surface area contributed by atoms with E-state index < -0.39 is 5.91 Å². The minimum atomic E-state index is -0.521. The van der Waals surface area contributed by atoms with E-state index in [1.165, 1.54) is 19.1 Å². The molecule has 0 saturated heterocycles. The second-order valence-electron chi connectivity index (χ2n) is 4.53. The van der Waals surface area contributed by atoms with Gasteiger partial charge in [-0.05, 0) is 43.3 Å². The summed E-state index contributed by atoms with van der Waals surface area (Å²) in [5, 5.41) is 2.70. The molecule has 2 aromatic rings. The molecule has 0 aromatic heterocycles. The summed E-state index contributed by atoms with van der Waals surface area (Å²) in [7, 11) is 0. The molecule has 3 N–H and O–H groups in total. The number of carbonyl (C=O) groups is 3. The first-order valence-corrected chi connectivity index (χ1v) is 6.29. The van der Waals surface area contributed by atoms with Crippen molar-refractivity contribution in [2.45, 2.75) is 6.92 Å². The van der Waals surface area contributed by atoms with Crippen LogP contribution < -0.4 is 11.1 Å². The molecule has 0 saturated carbocycles. The number of carbonyl (C=O) groups excluding carboxylic acids is 3. The monoisotopic (exact) mass is 282 g/mol. The van der Waals surface area contributed by atoms with Crippen LogP contribution >= 0.6 is 0 Å². The Labute approximate surface area is 121 Å². The summed E-state index contributed by atoms with van der Waals surface area (Å²) in [5.74, 6) is -0.867. The third-order valence-corrected chi connectivity index (χ3v) is 2.98. The molecule has 21 heavy (non-hydrogen) atoms. The summed E-state index contributed by atoms with van der Waals surface area (Å²) in [6.07, 6.45) is 0. The van der Waals surface area contributed by atoms with E-state index in [4.69, 9.17) is 5.73 Å². The van der Waals surface area contributed by atoms with Crippen LogP contribution in [0.2, 0.25) is 0 Å². The normalized spacial score (nSPS) is 9.95. The van der Waals surface area contributed by atoms with Crippen LogP contribution in [0.25, 0.3) is 0 Å². The van der Waals surface area contributed by atoms with Crippen LogP contribution in [0.5, 0.6) is 0 Å². The lowest BCUT2D eigenvalue weighted by Crippen LogP contribution is -2.13. The quantitative estimate of drug-likeness (QED) is 0.843. The molecule has 2 aromatic carbocycles. The standard InChI is InChI=1S/C16H14N2O3/c1-10(19)11-2-4-13(5-3-11)16(21)18-14-8-6-12(7-9-14)15(17)20/h2-9H,1H3,(H2,17,20)(H,18,21). The van der Waals surface area contributed by atoms with Crippen LogP contribution in [-0.2, 0) is 0 Å². The number of ketones is 1. The van der Waals surface area contributed by atoms with Crippen LogP contribution in [-0.4, -0.2) is 17.6 Å². The zero-order valence-corrected chi connectivity index (χ0v) is 11.4. The molecule has 5 heteroatoms. The highest BCUT2D eigenvalue weighted by Crippen LogP contribution is 2.12. The molecule has 0 unspecified atom stereocenters. The summed E-state index contributed by atoms with van der Waals surface area (Å²) < 4.78 is 0. The van der Waals surface area contributed by atoms with E-state index in [-0.39, 0.29) is 11.7 Å². The number of nitrogens with two attached hydrogens (primary N) is 1. The van der Waals surface area contributed by atoms with Gasteiger partial charge in [-0.3, -0.25) is 14.4 Å². The smallest absolute Gasteiger partial charge is 0.255 e. The van der Waals surface area contributed by atoms with Gasteiger partial charge in [0, 0.05) is 22.4 Å². The topological polar surface area (TPSA) is 89.3 Å². The molecule has 2 amide bonds. The van der Waals surface area contributed by atoms with E-state index in [2.05, 4.69) is 5.32 Å². The van der Waals surface area contributed by atoms with Gasteiger partial charge < -0.3 is 11.1 Å². The lowest BCUT2D eigenvalue weighted by molar-refractivity contribution is 0.0996. The van der Waals surface area contributed by atoms with Crippen molar-refractivity contribution in [1.29, 1.82) is 0 Å². The predicted molar refractivity (Wildman–Crippen MR) is 79.4 cm³/mol. The highest BCUT2D eigenvalue weighted by atomic mass is 16.2. The summed E-state index contributed by atoms with van der Waals surface area (Å²) in [5.41, 5.74) is 7.07. The van der Waals surface area contributed by atoms with Gasteiger partial charge in [0.2, 0.25) is 5.91 Å². The fourth-order valence-corrected chi connectivity index (χ4v) is 1.78. The first-order chi connectivity index (χ1) is 9.97. The Hall–Kier alpha value is -2.95. The number of primary amides is 1. The Bertz CT molecular complexity index is 688. The maximum atomic E-state index is 12.0. The van der Waals surface area contributed by atoms with Gasteiger partial charge in [0.15, 0.2) is 5.78 Å². The van der Waals surface area contributed by atoms with Crippen LogP contribution in [0.4, 0.5) is 5.69 Å². The van der Waals surface area contributed by atoms with Gasteiger partial charge in [0.25, 0.3) is 5.91 Å². The lowest BCUT2D eigenvalue weighted by atomic mass is 10.1. The minimum absolute atomic E-state index is 0.0519. The van der Waals surface area contributed by atoms with E-state index in [9.17, 15) is 14.4 Å². The Balaban J connectivity index is 2.10. The number of nitrogens with one attached hydrogen (secondary N) is 1. The van der Waals surface area contributed by atoms with Gasteiger partial charge >= 0.3 is 0 Å². The van der Waals surface area contributed by atoms with E-state index in [0.717, 1.165) is 0 Å². The Morgan fingerprint density at radius 3 is 1.76 bits per heavy atom. The molecule has 0 aliphatic heterocycles. The number of hydrogen-bond acceptors (Lipinski definition) is 3. The molecule has 0 fully saturated rings. The van der Waals surface area contributed by atoms with Crippen LogP contribution in [0.3, 0.4) is 0 Å². The lowest BCUT2D eigenvalue weighted by Gasteiger charge is -2.06. The summed E-state index contributed by atoms with van der Waals surface area (Å²) in [6.45, 7) is 1.47. The first kappa shape index (κ1) is 14.5. The van der Waals surface area contributed by atoms with E-state index in [0.29, 0.717) is 22.4 Å². The fraction of sp³-hybridized carbons (Fsp3) is 0.0625. The SMILES string of the molecule is CC(=O)c1ccc(C(=O)Nc2ccc(C(N)=O)cc2)cc1. The number of benzene rings is 2. The number of hydrogen-bond donors (Lipinski definition) is 2. The second kappa shape index (κ2) is 6.00. The molecule has 0 bridgehead atoms. The highest BCUT2D eigenvalue weighted by molar-refractivity contribution is 6.05. The van der Waals surface area contributed by atoms with Crippen LogP contribution in [0.15, 0.2) is 48.5 Å². The van der Waals surface area contributed by atoms with Crippen molar-refractivity contribution in [2.24, 2.45) is 5.73 Å². The average Bonchev–Trinajstić information content (AvgIpc) is 2.47. The first-order valence-electron chi connectivity index (χ1n) is 6.29. The predicted octanol–water partition coefficient (Wildman–Crippen LogP) is 2.24. The van der Waals surface area contributed by atoms with Gasteiger partial charge in [0.1, 0.15) is 0 Å². The highest BCUT2D eigenvalue weighted by Gasteiger charge is 2.07. The molecule has 5 nitrogen and oxygen atoms in total. The molecule has 0 heterocycles. The molecular formula is C16H14N2O3. The number of rotatable bonds is 4. The molecule has 0 spiro atoms. The van der Waals surface area contributed by atoms with E-state index in [1.807, 2.05) is 0 Å². The number of amides is 2. The zero-order chi connectivity index (χ0) is 15.4. The molecule has 0 radical (unpaired) electrons. The average molecular weight is 282 g/mol. The van der Waals surface area contributed by atoms with Crippen LogP contribution in [0, 0.1) is 0 Å². The number of anilines is 1. The largest absolute Gasteiger partial charge is 0.366 e. The summed E-state index contributed by atoms with van der Waals surface area (Å²) >= 11 is 0. The minimum Gasteiger partial charge on any atom is -0.366 e. The second-order valence-corrected chi connectivity index (χ2v) is 4.53. The molecule has 0 aliphatic carbocycles. The fourth-order valence-electron chi connectivity index (χ4n) is 1.78.